The Morgan fingerprint density at radius 2 is 1.21 bits per heavy atom. The van der Waals surface area contributed by atoms with Crippen molar-refractivity contribution in [2.24, 2.45) is 0 Å². The van der Waals surface area contributed by atoms with Gasteiger partial charge in [0.1, 0.15) is 28.7 Å². The molecule has 4 aromatic carbocycles. The lowest BCUT2D eigenvalue weighted by Gasteiger charge is -2.25. The minimum atomic E-state index is 0.0840. The van der Waals surface area contributed by atoms with E-state index in [-0.39, 0.29) is 5.57 Å². The van der Waals surface area contributed by atoms with E-state index in [2.05, 4.69) is 74.3 Å². The number of nitriles is 2. The minimum Gasteiger partial charge on any atom is -0.311 e. The summed E-state index contributed by atoms with van der Waals surface area (Å²) in [5, 5.41) is 18.1. The summed E-state index contributed by atoms with van der Waals surface area (Å²) in [5.74, 6) is 0. The lowest BCUT2D eigenvalue weighted by atomic mass is 10.0. The molecule has 2 heterocycles. The van der Waals surface area contributed by atoms with Gasteiger partial charge in [-0.25, -0.2) is 0 Å². The summed E-state index contributed by atoms with van der Waals surface area (Å²) in [7, 11) is 0. The fraction of sp³-hybridized carbons (Fsp3) is 0. The molecule has 6 aromatic rings. The van der Waals surface area contributed by atoms with Crippen LogP contribution in [0.4, 0.5) is 17.1 Å². The Bertz CT molecular complexity index is 1820. The number of allylic oxidation sites excluding steroid dienone is 1. The molecule has 2 aromatic heterocycles. The number of rotatable bonds is 6. The monoisotopic (exact) mass is 537 g/mol. The van der Waals surface area contributed by atoms with Crippen molar-refractivity contribution in [2.75, 3.05) is 4.90 Å². The maximum Gasteiger partial charge on any atom is 0.131 e. The predicted octanol–water partition coefficient (Wildman–Crippen LogP) is 8.99. The molecule has 39 heavy (non-hydrogen) atoms. The van der Waals surface area contributed by atoms with Gasteiger partial charge in [-0.1, -0.05) is 60.7 Å². The molecule has 0 unspecified atom stereocenters. The maximum atomic E-state index is 9.07. The highest BCUT2D eigenvalue weighted by molar-refractivity contribution is 7.16. The number of para-hydroxylation sites is 2. The Labute approximate surface area is 234 Å². The summed E-state index contributed by atoms with van der Waals surface area (Å²) in [6, 6.07) is 41.1. The van der Waals surface area contributed by atoms with E-state index < -0.39 is 0 Å². The number of anilines is 3. The van der Waals surface area contributed by atoms with Crippen LogP contribution in [0.2, 0.25) is 0 Å². The van der Waals surface area contributed by atoms with Gasteiger partial charge in [0.25, 0.3) is 0 Å². The second-order valence-corrected chi connectivity index (χ2v) is 10.3. The summed E-state index contributed by atoms with van der Waals surface area (Å²) in [5.41, 5.74) is 8.10. The van der Waals surface area contributed by atoms with Crippen LogP contribution < -0.4 is 4.90 Å². The second-order valence-electron chi connectivity index (χ2n) is 8.66. The Kier molecular flexibility index (Phi) is 6.67. The van der Waals surface area contributed by atoms with Gasteiger partial charge in [0.15, 0.2) is 0 Å². The molecule has 0 atom stereocenters. The van der Waals surface area contributed by atoms with Crippen LogP contribution in [0.25, 0.3) is 38.7 Å². The van der Waals surface area contributed by atoms with Crippen molar-refractivity contribution in [1.82, 2.24) is 8.75 Å². The highest BCUT2D eigenvalue weighted by Gasteiger charge is 2.16. The number of fused-ring (bicyclic) bond motifs is 1. The number of hydrogen-bond acceptors (Lipinski definition) is 7. The quantitative estimate of drug-likeness (QED) is 0.198. The molecule has 0 radical (unpaired) electrons. The van der Waals surface area contributed by atoms with Crippen molar-refractivity contribution in [3.8, 4) is 33.7 Å². The third kappa shape index (κ3) is 4.81. The number of hydrogen-bond donors (Lipinski definition) is 0. The van der Waals surface area contributed by atoms with Gasteiger partial charge in [0, 0.05) is 37.9 Å². The summed E-state index contributed by atoms with van der Waals surface area (Å²) in [6.45, 7) is 0. The Hall–Kier alpha value is -5.08. The third-order valence-corrected chi connectivity index (χ3v) is 7.89. The Morgan fingerprint density at radius 1 is 0.641 bits per heavy atom. The zero-order valence-corrected chi connectivity index (χ0v) is 22.2. The Morgan fingerprint density at radius 3 is 1.82 bits per heavy atom. The van der Waals surface area contributed by atoms with Crippen molar-refractivity contribution in [3.63, 3.8) is 0 Å². The van der Waals surface area contributed by atoms with Gasteiger partial charge in [-0.2, -0.15) is 19.3 Å². The molecule has 6 rings (SSSR count). The van der Waals surface area contributed by atoms with Gasteiger partial charge < -0.3 is 4.90 Å². The van der Waals surface area contributed by atoms with Crippen LogP contribution in [0.3, 0.4) is 0 Å². The number of thiophene rings is 1. The number of benzene rings is 4. The van der Waals surface area contributed by atoms with Crippen molar-refractivity contribution in [3.05, 3.63) is 120 Å². The van der Waals surface area contributed by atoms with Gasteiger partial charge >= 0.3 is 0 Å². The molecule has 0 aliphatic heterocycles. The molecule has 184 valence electrons. The van der Waals surface area contributed by atoms with Gasteiger partial charge in [0.2, 0.25) is 0 Å². The number of aromatic nitrogens is 2. The normalized spacial score (nSPS) is 10.5. The molecule has 7 heteroatoms. The fourth-order valence-corrected chi connectivity index (χ4v) is 6.05. The van der Waals surface area contributed by atoms with E-state index in [0.717, 1.165) is 54.5 Å². The molecule has 0 saturated heterocycles. The van der Waals surface area contributed by atoms with Crippen LogP contribution >= 0.6 is 23.1 Å². The van der Waals surface area contributed by atoms with Crippen LogP contribution in [0.1, 0.15) is 4.88 Å². The first-order valence-corrected chi connectivity index (χ1v) is 13.7. The minimum absolute atomic E-state index is 0.0840. The van der Waals surface area contributed by atoms with Gasteiger partial charge in [-0.05, 0) is 60.2 Å². The van der Waals surface area contributed by atoms with Crippen LogP contribution in [0.15, 0.2) is 115 Å². The first-order valence-electron chi connectivity index (χ1n) is 12.1. The molecule has 0 spiro atoms. The third-order valence-electron chi connectivity index (χ3n) is 6.30. The van der Waals surface area contributed by atoms with E-state index in [0.29, 0.717) is 0 Å². The standard InChI is InChI=1S/C32H19N5S2/c33-20-22(21-34)19-27-15-18-30(38-27)29-17-16-28(31-32(29)36-39-35-31)23-11-13-26(14-12-23)37(24-7-3-1-4-8-24)25-9-5-2-6-10-25/h1-19H. The van der Waals surface area contributed by atoms with E-state index >= 15 is 0 Å². The first-order chi connectivity index (χ1) is 19.2. The van der Waals surface area contributed by atoms with E-state index in [1.807, 2.05) is 60.7 Å². The van der Waals surface area contributed by atoms with Crippen molar-refractivity contribution in [2.45, 2.75) is 0 Å². The van der Waals surface area contributed by atoms with E-state index in [4.69, 9.17) is 10.5 Å². The Balaban J connectivity index is 1.36. The lowest BCUT2D eigenvalue weighted by Crippen LogP contribution is -2.09. The average molecular weight is 538 g/mol. The van der Waals surface area contributed by atoms with Gasteiger partial charge in [0.05, 0.1) is 11.7 Å². The van der Waals surface area contributed by atoms with E-state index in [9.17, 15) is 0 Å². The molecule has 0 bridgehead atoms. The predicted molar refractivity (Wildman–Crippen MR) is 160 cm³/mol. The summed E-state index contributed by atoms with van der Waals surface area (Å²) in [6.07, 6.45) is 1.61. The van der Waals surface area contributed by atoms with Crippen molar-refractivity contribution in [1.29, 1.82) is 10.5 Å². The lowest BCUT2D eigenvalue weighted by molar-refractivity contribution is 1.28. The van der Waals surface area contributed by atoms with Crippen molar-refractivity contribution >= 4 is 57.2 Å². The molecule has 0 amide bonds. The summed E-state index contributed by atoms with van der Waals surface area (Å²) in [4.78, 5) is 4.10. The molecule has 0 saturated carbocycles. The van der Waals surface area contributed by atoms with Crippen LogP contribution in [-0.4, -0.2) is 8.75 Å². The van der Waals surface area contributed by atoms with E-state index in [1.54, 1.807) is 6.08 Å². The molecular weight excluding hydrogens is 519 g/mol. The topological polar surface area (TPSA) is 76.6 Å². The summed E-state index contributed by atoms with van der Waals surface area (Å²) >= 11 is 2.71. The molecule has 0 N–H and O–H groups in total. The zero-order chi connectivity index (χ0) is 26.6. The SMILES string of the molecule is N#CC(C#N)=Cc1ccc(-c2ccc(-c3ccc(N(c4ccccc4)c4ccccc4)cc3)c3nsnc23)s1. The summed E-state index contributed by atoms with van der Waals surface area (Å²) < 4.78 is 9.26. The molecule has 0 aliphatic carbocycles. The van der Waals surface area contributed by atoms with Crippen molar-refractivity contribution < 1.29 is 0 Å². The average Bonchev–Trinajstić information content (AvgIpc) is 3.68. The second kappa shape index (κ2) is 10.7. The van der Waals surface area contributed by atoms with Crippen LogP contribution in [0.5, 0.6) is 0 Å². The van der Waals surface area contributed by atoms with E-state index in [1.165, 1.54) is 23.1 Å². The van der Waals surface area contributed by atoms with Crippen LogP contribution in [-0.2, 0) is 0 Å². The zero-order valence-electron chi connectivity index (χ0n) is 20.5. The highest BCUT2D eigenvalue weighted by atomic mass is 32.1. The van der Waals surface area contributed by atoms with Gasteiger partial charge in [-0.3, -0.25) is 0 Å². The smallest absolute Gasteiger partial charge is 0.131 e. The largest absolute Gasteiger partial charge is 0.311 e. The molecule has 0 fully saturated rings. The fourth-order valence-electron chi connectivity index (χ4n) is 4.50. The van der Waals surface area contributed by atoms with Crippen LogP contribution in [0, 0.1) is 22.7 Å². The number of nitrogens with zero attached hydrogens (tertiary/aromatic N) is 5. The molecule has 0 aliphatic rings. The van der Waals surface area contributed by atoms with Gasteiger partial charge in [-0.15, -0.1) is 11.3 Å². The molecule has 5 nitrogen and oxygen atoms in total. The first kappa shape index (κ1) is 24.3. The maximum absolute atomic E-state index is 9.07. The molecular formula is C32H19N5S2. The highest BCUT2D eigenvalue weighted by Crippen LogP contribution is 2.39.